The van der Waals surface area contributed by atoms with Crippen LogP contribution in [0.2, 0.25) is 0 Å². The summed E-state index contributed by atoms with van der Waals surface area (Å²) in [6.45, 7) is 3.37. The molecule has 0 fully saturated rings. The standard InChI is InChI=1S/C33H29N3O7/c1-3-29(37)42-27-14-10-25(11-15-27)35-32(40)22-18-21(31(39)34-24-8-6-5-7-9-24)19-23(20-22)33(41)36-26-12-16-28(17-13-26)43-30(38)4-2/h5-20H,3-4H2,1-2H3,(H,34,39)(H,35,40)(H,36,41). The summed E-state index contributed by atoms with van der Waals surface area (Å²) in [6.07, 6.45) is 0.449. The second-order valence-corrected chi connectivity index (χ2v) is 9.23. The van der Waals surface area contributed by atoms with Crippen LogP contribution in [0.5, 0.6) is 11.5 Å². The average molecular weight is 580 g/mol. The number of hydrogen-bond acceptors (Lipinski definition) is 7. The molecular weight excluding hydrogens is 550 g/mol. The molecule has 0 saturated carbocycles. The number of carbonyl (C=O) groups excluding carboxylic acids is 5. The number of rotatable bonds is 10. The van der Waals surface area contributed by atoms with Crippen molar-refractivity contribution in [3.63, 3.8) is 0 Å². The van der Waals surface area contributed by atoms with Gasteiger partial charge < -0.3 is 25.4 Å². The molecule has 0 aromatic heterocycles. The molecule has 4 aromatic rings. The Bertz CT molecular complexity index is 1540. The molecule has 0 unspecified atom stereocenters. The smallest absolute Gasteiger partial charge is 0.310 e. The van der Waals surface area contributed by atoms with Crippen molar-refractivity contribution in [3.8, 4) is 11.5 Å². The average Bonchev–Trinajstić information content (AvgIpc) is 3.03. The van der Waals surface area contributed by atoms with Gasteiger partial charge >= 0.3 is 11.9 Å². The van der Waals surface area contributed by atoms with E-state index in [0.29, 0.717) is 28.6 Å². The fraction of sp³-hybridized carbons (Fsp3) is 0.121. The van der Waals surface area contributed by atoms with Crippen molar-refractivity contribution < 1.29 is 33.4 Å². The predicted octanol–water partition coefficient (Wildman–Crippen LogP) is 6.07. The number of benzene rings is 4. The third-order valence-electron chi connectivity index (χ3n) is 6.02. The zero-order valence-electron chi connectivity index (χ0n) is 23.5. The van der Waals surface area contributed by atoms with Crippen LogP contribution < -0.4 is 25.4 Å². The maximum absolute atomic E-state index is 13.2. The summed E-state index contributed by atoms with van der Waals surface area (Å²) in [5.41, 5.74) is 1.58. The largest absolute Gasteiger partial charge is 0.427 e. The molecule has 0 saturated heterocycles. The van der Waals surface area contributed by atoms with Crippen LogP contribution in [0.3, 0.4) is 0 Å². The first-order valence-corrected chi connectivity index (χ1v) is 13.5. The lowest BCUT2D eigenvalue weighted by Gasteiger charge is -2.12. The minimum atomic E-state index is -0.566. The molecule has 0 radical (unpaired) electrons. The number of esters is 2. The summed E-state index contributed by atoms with van der Waals surface area (Å²) in [7, 11) is 0. The number of carbonyl (C=O) groups is 5. The Morgan fingerprint density at radius 2 is 0.814 bits per heavy atom. The van der Waals surface area contributed by atoms with Gasteiger partial charge in [0.15, 0.2) is 0 Å². The van der Waals surface area contributed by atoms with Crippen LogP contribution in [0, 0.1) is 0 Å². The highest BCUT2D eigenvalue weighted by Crippen LogP contribution is 2.21. The summed E-state index contributed by atoms with van der Waals surface area (Å²) in [5, 5.41) is 8.21. The molecule has 0 aliphatic heterocycles. The van der Waals surface area contributed by atoms with E-state index in [9.17, 15) is 24.0 Å². The van der Waals surface area contributed by atoms with Gasteiger partial charge in [0.05, 0.1) is 0 Å². The number of nitrogens with one attached hydrogen (secondary N) is 3. The molecule has 10 nitrogen and oxygen atoms in total. The van der Waals surface area contributed by atoms with Crippen LogP contribution in [-0.4, -0.2) is 29.7 Å². The summed E-state index contributed by atoms with van der Waals surface area (Å²) < 4.78 is 10.3. The first-order valence-electron chi connectivity index (χ1n) is 13.5. The minimum absolute atomic E-state index is 0.0641. The van der Waals surface area contributed by atoms with Gasteiger partial charge in [-0.3, -0.25) is 24.0 Å². The Balaban J connectivity index is 1.57. The van der Waals surface area contributed by atoms with Crippen molar-refractivity contribution in [1.29, 1.82) is 0 Å². The van der Waals surface area contributed by atoms with E-state index in [2.05, 4.69) is 16.0 Å². The van der Waals surface area contributed by atoms with Crippen LogP contribution in [0.15, 0.2) is 97.1 Å². The molecule has 218 valence electrons. The lowest BCUT2D eigenvalue weighted by atomic mass is 10.0. The van der Waals surface area contributed by atoms with Gasteiger partial charge in [-0.2, -0.15) is 0 Å². The number of amides is 3. The first-order chi connectivity index (χ1) is 20.7. The highest BCUT2D eigenvalue weighted by Gasteiger charge is 2.18. The molecule has 0 bridgehead atoms. The van der Waals surface area contributed by atoms with Crippen LogP contribution in [-0.2, 0) is 9.59 Å². The third kappa shape index (κ3) is 8.61. The molecule has 3 N–H and O–H groups in total. The Kier molecular flexibility index (Phi) is 9.99. The number of ether oxygens (including phenoxy) is 2. The van der Waals surface area contributed by atoms with Crippen LogP contribution in [0.4, 0.5) is 17.1 Å². The number of anilines is 3. The highest BCUT2D eigenvalue weighted by molar-refractivity contribution is 6.13. The van der Waals surface area contributed by atoms with Gasteiger partial charge in [-0.25, -0.2) is 0 Å². The monoisotopic (exact) mass is 579 g/mol. The molecule has 43 heavy (non-hydrogen) atoms. The third-order valence-corrected chi connectivity index (χ3v) is 6.02. The Labute approximate surface area is 248 Å². The van der Waals surface area contributed by atoms with E-state index in [1.54, 1.807) is 86.6 Å². The Hall–Kier alpha value is -5.77. The molecule has 0 spiro atoms. The summed E-state index contributed by atoms with van der Waals surface area (Å²) in [5.74, 6) is -1.75. The number of para-hydroxylation sites is 1. The molecule has 0 heterocycles. The van der Waals surface area contributed by atoms with Crippen molar-refractivity contribution >= 4 is 46.7 Å². The van der Waals surface area contributed by atoms with Gasteiger partial charge in [-0.1, -0.05) is 32.0 Å². The molecule has 3 amide bonds. The van der Waals surface area contributed by atoms with Crippen LogP contribution in [0.1, 0.15) is 57.8 Å². The van der Waals surface area contributed by atoms with E-state index in [-0.39, 0.29) is 41.5 Å². The van der Waals surface area contributed by atoms with E-state index in [1.165, 1.54) is 18.2 Å². The second kappa shape index (κ2) is 14.2. The van der Waals surface area contributed by atoms with Crippen LogP contribution >= 0.6 is 0 Å². The Morgan fingerprint density at radius 3 is 1.14 bits per heavy atom. The predicted molar refractivity (Wildman–Crippen MR) is 161 cm³/mol. The first kappa shape index (κ1) is 30.2. The maximum Gasteiger partial charge on any atom is 0.310 e. The van der Waals surface area contributed by atoms with Crippen molar-refractivity contribution in [1.82, 2.24) is 0 Å². The van der Waals surface area contributed by atoms with Crippen molar-refractivity contribution in [2.45, 2.75) is 26.7 Å². The zero-order valence-corrected chi connectivity index (χ0v) is 23.5. The van der Waals surface area contributed by atoms with Gasteiger partial charge in [0.1, 0.15) is 11.5 Å². The fourth-order valence-electron chi connectivity index (χ4n) is 3.77. The molecule has 4 rings (SSSR count). The fourth-order valence-corrected chi connectivity index (χ4v) is 3.77. The van der Waals surface area contributed by atoms with E-state index in [4.69, 9.17) is 9.47 Å². The molecule has 0 aliphatic carbocycles. The Morgan fingerprint density at radius 1 is 0.488 bits per heavy atom. The lowest BCUT2D eigenvalue weighted by Crippen LogP contribution is -2.19. The SMILES string of the molecule is CCC(=O)Oc1ccc(NC(=O)c2cc(C(=O)Nc3ccccc3)cc(C(=O)Nc3ccc(OC(=O)CC)cc3)c2)cc1. The van der Waals surface area contributed by atoms with Gasteiger partial charge in [-0.05, 0) is 78.9 Å². The molecule has 0 aliphatic rings. The summed E-state index contributed by atoms with van der Waals surface area (Å²) in [6, 6.07) is 25.3. The highest BCUT2D eigenvalue weighted by atomic mass is 16.5. The molecule has 4 aromatic carbocycles. The second-order valence-electron chi connectivity index (χ2n) is 9.23. The van der Waals surface area contributed by atoms with E-state index in [0.717, 1.165) is 0 Å². The van der Waals surface area contributed by atoms with Crippen LogP contribution in [0.25, 0.3) is 0 Å². The van der Waals surface area contributed by atoms with Crippen molar-refractivity contribution in [2.24, 2.45) is 0 Å². The van der Waals surface area contributed by atoms with E-state index >= 15 is 0 Å². The summed E-state index contributed by atoms with van der Waals surface area (Å²) in [4.78, 5) is 62.6. The molecule has 10 heteroatoms. The van der Waals surface area contributed by atoms with Crippen molar-refractivity contribution in [2.75, 3.05) is 16.0 Å². The van der Waals surface area contributed by atoms with Gasteiger partial charge in [-0.15, -0.1) is 0 Å². The minimum Gasteiger partial charge on any atom is -0.427 e. The van der Waals surface area contributed by atoms with Gasteiger partial charge in [0.2, 0.25) is 0 Å². The van der Waals surface area contributed by atoms with Crippen molar-refractivity contribution in [3.05, 3.63) is 114 Å². The summed E-state index contributed by atoms with van der Waals surface area (Å²) >= 11 is 0. The van der Waals surface area contributed by atoms with E-state index < -0.39 is 17.7 Å². The topological polar surface area (TPSA) is 140 Å². The normalized spacial score (nSPS) is 10.3. The molecule has 0 atom stereocenters. The molecular formula is C33H29N3O7. The van der Waals surface area contributed by atoms with E-state index in [1.807, 2.05) is 6.07 Å². The zero-order chi connectivity index (χ0) is 30.8. The maximum atomic E-state index is 13.2. The van der Waals surface area contributed by atoms with Gasteiger partial charge in [0.25, 0.3) is 17.7 Å². The number of hydrogen-bond donors (Lipinski definition) is 3. The lowest BCUT2D eigenvalue weighted by molar-refractivity contribution is -0.134. The quantitative estimate of drug-likeness (QED) is 0.153. The van der Waals surface area contributed by atoms with Gasteiger partial charge in [0, 0.05) is 46.6 Å².